The average Bonchev–Trinajstić information content (AvgIpc) is 2.15. The summed E-state index contributed by atoms with van der Waals surface area (Å²) in [5.74, 6) is -0.117. The van der Waals surface area contributed by atoms with Crippen LogP contribution < -0.4 is 0 Å². The average molecular weight is 359 g/mol. The molecule has 1 aromatic carbocycles. The molecule has 0 aliphatic heterocycles. The molecule has 0 saturated heterocycles. The Balaban J connectivity index is 2.57. The molecule has 0 radical (unpaired) electrons. The summed E-state index contributed by atoms with van der Waals surface area (Å²) in [6.07, 6.45) is 0.348. The summed E-state index contributed by atoms with van der Waals surface area (Å²) in [5, 5.41) is -0.0725. The van der Waals surface area contributed by atoms with E-state index in [0.29, 0.717) is 6.42 Å². The summed E-state index contributed by atoms with van der Waals surface area (Å²) in [5.41, 5.74) is 2.28. The first-order chi connectivity index (χ1) is 7.78. The molecule has 2 nitrogen and oxygen atoms in total. The molecule has 0 saturated carbocycles. The first-order valence-corrected chi connectivity index (χ1v) is 16.0. The van der Waals surface area contributed by atoms with Gasteiger partial charge in [0.25, 0.3) is 0 Å². The zero-order chi connectivity index (χ0) is 13.1. The first kappa shape index (κ1) is 14.9. The van der Waals surface area contributed by atoms with Crippen LogP contribution in [0.25, 0.3) is 0 Å². The third-order valence-corrected chi connectivity index (χ3v) is 5.12. The summed E-state index contributed by atoms with van der Waals surface area (Å²) < 4.78 is 5.48. The molecule has 1 atom stereocenters. The van der Waals surface area contributed by atoms with Gasteiger partial charge in [-0.2, -0.15) is 0 Å². The number of rotatable bonds is 4. The number of hydrogen-bond acceptors (Lipinski definition) is 3. The Hall–Kier alpha value is -0.161. The van der Waals surface area contributed by atoms with E-state index in [9.17, 15) is 4.79 Å². The molecule has 1 unspecified atom stereocenters. The van der Waals surface area contributed by atoms with Crippen molar-refractivity contribution >= 4 is 37.4 Å². The molecule has 0 aliphatic carbocycles. The molecule has 0 heterocycles. The normalized spacial score (nSPS) is 13.2. The zero-order valence-electron chi connectivity index (χ0n) is 10.9. The zero-order valence-corrected chi connectivity index (χ0v) is 14.6. The van der Waals surface area contributed by atoms with Crippen molar-refractivity contribution in [1.82, 2.24) is 0 Å². The van der Waals surface area contributed by atoms with Gasteiger partial charge in [0, 0.05) is 0 Å². The molecule has 0 spiro atoms. The molecule has 94 valence electrons. The molecule has 17 heavy (non-hydrogen) atoms. The number of carbonyl (C=O) groups is 1. The molecule has 0 aliphatic rings. The third-order valence-electron chi connectivity index (χ3n) is 2.24. The maximum atomic E-state index is 11.7. The van der Waals surface area contributed by atoms with Crippen molar-refractivity contribution in [2.75, 3.05) is 0 Å². The van der Waals surface area contributed by atoms with Gasteiger partial charge in [-0.1, -0.05) is 0 Å². The monoisotopic (exact) mass is 360 g/mol. The van der Waals surface area contributed by atoms with E-state index in [0.717, 1.165) is 5.56 Å². The Morgan fingerprint density at radius 3 is 2.29 bits per heavy atom. The minimum absolute atomic E-state index is 0.0725. The van der Waals surface area contributed by atoms with Crippen molar-refractivity contribution < 1.29 is 7.87 Å². The van der Waals surface area contributed by atoms with Gasteiger partial charge in [-0.15, -0.1) is 0 Å². The van der Waals surface area contributed by atoms with Crippen molar-refractivity contribution in [2.24, 2.45) is 0 Å². The summed E-state index contributed by atoms with van der Waals surface area (Å²) in [7, 11) is 0. The Morgan fingerprint density at radius 2 is 1.82 bits per heavy atom. The van der Waals surface area contributed by atoms with Gasteiger partial charge in [0.2, 0.25) is 0 Å². The Bertz CT molecular complexity index is 381. The molecule has 1 aromatic rings. The SMILES string of the molecule is Cc1ccc(C(S)CC(=O)[O][Sn]([CH3])([CH3])[CH3])cc1. The van der Waals surface area contributed by atoms with Crippen LogP contribution in [0.15, 0.2) is 24.3 Å². The molecule has 0 aromatic heterocycles. The van der Waals surface area contributed by atoms with Crippen LogP contribution in [0, 0.1) is 6.92 Å². The topological polar surface area (TPSA) is 26.3 Å². The number of aryl methyl sites for hydroxylation is 1. The quantitative estimate of drug-likeness (QED) is 0.655. The predicted molar refractivity (Wildman–Crippen MR) is 77.0 cm³/mol. The second-order valence-corrected chi connectivity index (χ2v) is 18.5. The van der Waals surface area contributed by atoms with Gasteiger partial charge in [0.05, 0.1) is 0 Å². The van der Waals surface area contributed by atoms with Crippen LogP contribution in [0.1, 0.15) is 22.8 Å². The second-order valence-electron chi connectivity index (χ2n) is 5.22. The van der Waals surface area contributed by atoms with Gasteiger partial charge in [0.1, 0.15) is 0 Å². The van der Waals surface area contributed by atoms with Crippen LogP contribution in [0.5, 0.6) is 0 Å². The first-order valence-electron chi connectivity index (χ1n) is 5.74. The van der Waals surface area contributed by atoms with Gasteiger partial charge in [-0.05, 0) is 0 Å². The van der Waals surface area contributed by atoms with Crippen LogP contribution in [0.2, 0.25) is 14.8 Å². The van der Waals surface area contributed by atoms with Crippen molar-refractivity contribution in [3.63, 3.8) is 0 Å². The Labute approximate surface area is 114 Å². The summed E-state index contributed by atoms with van der Waals surface area (Å²) >= 11 is 1.99. The van der Waals surface area contributed by atoms with Crippen molar-refractivity contribution in [2.45, 2.75) is 33.4 Å². The van der Waals surface area contributed by atoms with E-state index < -0.39 is 18.8 Å². The van der Waals surface area contributed by atoms with E-state index in [1.807, 2.05) is 31.2 Å². The molecule has 0 amide bonds. The fourth-order valence-corrected chi connectivity index (χ4v) is 3.96. The van der Waals surface area contributed by atoms with Crippen molar-refractivity contribution in [3.05, 3.63) is 35.4 Å². The van der Waals surface area contributed by atoms with E-state index in [2.05, 4.69) is 27.4 Å². The van der Waals surface area contributed by atoms with Crippen LogP contribution >= 0.6 is 12.6 Å². The fraction of sp³-hybridized carbons (Fsp3) is 0.462. The molecular formula is C13H20O2SSn. The fourth-order valence-electron chi connectivity index (χ4n) is 1.45. The van der Waals surface area contributed by atoms with Crippen molar-refractivity contribution in [3.8, 4) is 0 Å². The standard InChI is InChI=1S/C10H12O2S.3CH3.Sn/c1-7-2-4-8(5-3-7)9(13)6-10(11)12;;;;/h2-5,9,13H,6H2,1H3,(H,11,12);3*1H3;/q;;;;+1/p-1. The summed E-state index contributed by atoms with van der Waals surface area (Å²) in [6.45, 7) is 2.04. The molecular weight excluding hydrogens is 339 g/mol. The Morgan fingerprint density at radius 1 is 1.29 bits per heavy atom. The second kappa shape index (κ2) is 6.14. The van der Waals surface area contributed by atoms with Crippen molar-refractivity contribution in [1.29, 1.82) is 0 Å². The molecule has 1 rings (SSSR count). The summed E-state index contributed by atoms with van der Waals surface area (Å²) in [6, 6.07) is 8.10. The van der Waals surface area contributed by atoms with Gasteiger partial charge in [-0.3, -0.25) is 0 Å². The number of thiol groups is 1. The number of carbonyl (C=O) groups excluding carboxylic acids is 1. The van der Waals surface area contributed by atoms with E-state index in [1.165, 1.54) is 5.56 Å². The van der Waals surface area contributed by atoms with Gasteiger partial charge in [-0.25, -0.2) is 0 Å². The molecule has 0 bridgehead atoms. The maximum absolute atomic E-state index is 11.7. The molecule has 0 fully saturated rings. The van der Waals surface area contributed by atoms with E-state index >= 15 is 0 Å². The third kappa shape index (κ3) is 5.82. The van der Waals surface area contributed by atoms with Gasteiger partial charge in [0.15, 0.2) is 0 Å². The number of benzene rings is 1. The summed E-state index contributed by atoms with van der Waals surface area (Å²) in [4.78, 5) is 17.9. The Kier molecular flexibility index (Phi) is 5.38. The van der Waals surface area contributed by atoms with Crippen LogP contribution in [0.4, 0.5) is 0 Å². The van der Waals surface area contributed by atoms with E-state index in [4.69, 9.17) is 3.07 Å². The van der Waals surface area contributed by atoms with Gasteiger partial charge >= 0.3 is 114 Å². The number of hydrogen-bond donors (Lipinski definition) is 1. The van der Waals surface area contributed by atoms with Crippen LogP contribution in [-0.4, -0.2) is 24.8 Å². The predicted octanol–water partition coefficient (Wildman–Crippen LogP) is 3.73. The van der Waals surface area contributed by atoms with Gasteiger partial charge < -0.3 is 0 Å². The van der Waals surface area contributed by atoms with Crippen LogP contribution in [0.3, 0.4) is 0 Å². The minimum atomic E-state index is -2.47. The van der Waals surface area contributed by atoms with E-state index in [-0.39, 0.29) is 11.2 Å². The molecule has 0 N–H and O–H groups in total. The van der Waals surface area contributed by atoms with Crippen LogP contribution in [-0.2, 0) is 7.87 Å². The van der Waals surface area contributed by atoms with E-state index in [1.54, 1.807) is 0 Å². The molecule has 4 heteroatoms.